The van der Waals surface area contributed by atoms with Crippen LogP contribution in [0.1, 0.15) is 11.1 Å². The Morgan fingerprint density at radius 3 is 2.89 bits per heavy atom. The SMILES string of the molecule is Cc1cnc2ccc(CN3CCNCC3)cc2c1. The molecule has 0 radical (unpaired) electrons. The van der Waals surface area contributed by atoms with Crippen molar-refractivity contribution in [2.75, 3.05) is 26.2 Å². The van der Waals surface area contributed by atoms with Crippen LogP contribution >= 0.6 is 0 Å². The van der Waals surface area contributed by atoms with Gasteiger partial charge in [-0.15, -0.1) is 0 Å². The summed E-state index contributed by atoms with van der Waals surface area (Å²) in [6.07, 6.45) is 1.93. The monoisotopic (exact) mass is 241 g/mol. The molecule has 0 unspecified atom stereocenters. The zero-order chi connectivity index (χ0) is 12.4. The molecule has 0 aliphatic carbocycles. The second-order valence-electron chi connectivity index (χ2n) is 5.07. The number of pyridine rings is 1. The third-order valence-corrected chi connectivity index (χ3v) is 3.50. The molecular weight excluding hydrogens is 222 g/mol. The summed E-state index contributed by atoms with van der Waals surface area (Å²) in [5.41, 5.74) is 3.70. The largest absolute Gasteiger partial charge is 0.314 e. The quantitative estimate of drug-likeness (QED) is 0.871. The van der Waals surface area contributed by atoms with Gasteiger partial charge in [0.05, 0.1) is 5.52 Å². The lowest BCUT2D eigenvalue weighted by Gasteiger charge is -2.27. The smallest absolute Gasteiger partial charge is 0.0702 e. The number of nitrogens with zero attached hydrogens (tertiary/aromatic N) is 2. The van der Waals surface area contributed by atoms with Gasteiger partial charge in [-0.3, -0.25) is 9.88 Å². The summed E-state index contributed by atoms with van der Waals surface area (Å²) < 4.78 is 0. The molecule has 0 atom stereocenters. The number of benzene rings is 1. The van der Waals surface area contributed by atoms with Crippen molar-refractivity contribution in [1.82, 2.24) is 15.2 Å². The van der Waals surface area contributed by atoms with Crippen LogP contribution in [0, 0.1) is 6.92 Å². The van der Waals surface area contributed by atoms with Crippen molar-refractivity contribution in [1.29, 1.82) is 0 Å². The van der Waals surface area contributed by atoms with Crippen molar-refractivity contribution in [3.8, 4) is 0 Å². The van der Waals surface area contributed by atoms with Crippen LogP contribution in [0.2, 0.25) is 0 Å². The lowest BCUT2D eigenvalue weighted by molar-refractivity contribution is 0.233. The van der Waals surface area contributed by atoms with E-state index in [-0.39, 0.29) is 0 Å². The lowest BCUT2D eigenvalue weighted by Crippen LogP contribution is -2.42. The minimum absolute atomic E-state index is 1.05. The molecular formula is C15H19N3. The van der Waals surface area contributed by atoms with E-state index >= 15 is 0 Å². The standard InChI is InChI=1S/C15H19N3/c1-12-8-14-9-13(2-3-15(14)17-10-12)11-18-6-4-16-5-7-18/h2-3,8-10,16H,4-7,11H2,1H3. The highest BCUT2D eigenvalue weighted by Crippen LogP contribution is 2.16. The summed E-state index contributed by atoms with van der Waals surface area (Å²) >= 11 is 0. The molecule has 3 rings (SSSR count). The van der Waals surface area contributed by atoms with Gasteiger partial charge in [-0.25, -0.2) is 0 Å². The average molecular weight is 241 g/mol. The molecule has 94 valence electrons. The van der Waals surface area contributed by atoms with Crippen LogP contribution < -0.4 is 5.32 Å². The average Bonchev–Trinajstić information content (AvgIpc) is 2.39. The Morgan fingerprint density at radius 2 is 2.06 bits per heavy atom. The summed E-state index contributed by atoms with van der Waals surface area (Å²) in [5, 5.41) is 4.64. The highest BCUT2D eigenvalue weighted by atomic mass is 15.2. The minimum atomic E-state index is 1.05. The fourth-order valence-corrected chi connectivity index (χ4v) is 2.52. The third kappa shape index (κ3) is 2.52. The van der Waals surface area contributed by atoms with E-state index in [0.29, 0.717) is 0 Å². The highest BCUT2D eigenvalue weighted by molar-refractivity contribution is 5.79. The van der Waals surface area contributed by atoms with E-state index in [2.05, 4.69) is 46.4 Å². The molecule has 2 aromatic rings. The van der Waals surface area contributed by atoms with Crippen molar-refractivity contribution in [3.63, 3.8) is 0 Å². The number of nitrogens with one attached hydrogen (secondary N) is 1. The summed E-state index contributed by atoms with van der Waals surface area (Å²) in [4.78, 5) is 6.95. The predicted octanol–water partition coefficient (Wildman–Crippen LogP) is 1.95. The van der Waals surface area contributed by atoms with Crippen LogP contribution in [-0.4, -0.2) is 36.1 Å². The van der Waals surface area contributed by atoms with Crippen LogP contribution in [0.25, 0.3) is 10.9 Å². The van der Waals surface area contributed by atoms with Gasteiger partial charge in [-0.2, -0.15) is 0 Å². The Labute approximate surface area is 108 Å². The fraction of sp³-hybridized carbons (Fsp3) is 0.400. The van der Waals surface area contributed by atoms with Gasteiger partial charge in [0.15, 0.2) is 0 Å². The van der Waals surface area contributed by atoms with E-state index in [9.17, 15) is 0 Å². The first-order valence-electron chi connectivity index (χ1n) is 6.60. The van der Waals surface area contributed by atoms with Crippen molar-refractivity contribution in [3.05, 3.63) is 41.6 Å². The molecule has 1 aliphatic rings. The third-order valence-electron chi connectivity index (χ3n) is 3.50. The van der Waals surface area contributed by atoms with E-state index in [0.717, 1.165) is 38.2 Å². The first-order valence-corrected chi connectivity index (χ1v) is 6.60. The van der Waals surface area contributed by atoms with Gasteiger partial charge in [-0.05, 0) is 36.2 Å². The molecule has 1 aromatic heterocycles. The zero-order valence-electron chi connectivity index (χ0n) is 10.8. The highest BCUT2D eigenvalue weighted by Gasteiger charge is 2.10. The van der Waals surface area contributed by atoms with Gasteiger partial charge in [-0.1, -0.05) is 6.07 Å². The maximum Gasteiger partial charge on any atom is 0.0702 e. The Morgan fingerprint density at radius 1 is 1.22 bits per heavy atom. The van der Waals surface area contributed by atoms with Gasteiger partial charge in [0.25, 0.3) is 0 Å². The molecule has 0 amide bonds. The number of hydrogen-bond donors (Lipinski definition) is 1. The van der Waals surface area contributed by atoms with Crippen LogP contribution in [0.4, 0.5) is 0 Å². The van der Waals surface area contributed by atoms with Crippen molar-refractivity contribution in [2.24, 2.45) is 0 Å². The van der Waals surface area contributed by atoms with Crippen LogP contribution in [0.5, 0.6) is 0 Å². The van der Waals surface area contributed by atoms with Gasteiger partial charge in [0, 0.05) is 44.3 Å². The van der Waals surface area contributed by atoms with Gasteiger partial charge in [0.2, 0.25) is 0 Å². The van der Waals surface area contributed by atoms with Crippen LogP contribution in [-0.2, 0) is 6.54 Å². The Bertz CT molecular complexity index is 544. The molecule has 1 saturated heterocycles. The van der Waals surface area contributed by atoms with E-state index in [4.69, 9.17) is 0 Å². The van der Waals surface area contributed by atoms with E-state index in [1.807, 2.05) is 6.20 Å². The number of piperazine rings is 1. The number of fused-ring (bicyclic) bond motifs is 1. The Balaban J connectivity index is 1.83. The summed E-state index contributed by atoms with van der Waals surface area (Å²) in [6, 6.07) is 8.82. The zero-order valence-corrected chi connectivity index (χ0v) is 10.8. The predicted molar refractivity (Wildman–Crippen MR) is 74.6 cm³/mol. The number of aromatic nitrogens is 1. The molecule has 1 N–H and O–H groups in total. The number of rotatable bonds is 2. The molecule has 3 heteroatoms. The molecule has 1 aliphatic heterocycles. The minimum Gasteiger partial charge on any atom is -0.314 e. The number of hydrogen-bond acceptors (Lipinski definition) is 3. The van der Waals surface area contributed by atoms with Gasteiger partial charge < -0.3 is 5.32 Å². The molecule has 1 aromatic carbocycles. The number of aryl methyl sites for hydroxylation is 1. The normalized spacial score (nSPS) is 17.2. The van der Waals surface area contributed by atoms with Crippen molar-refractivity contribution >= 4 is 10.9 Å². The fourth-order valence-electron chi connectivity index (χ4n) is 2.52. The van der Waals surface area contributed by atoms with Gasteiger partial charge in [0.1, 0.15) is 0 Å². The molecule has 0 bridgehead atoms. The lowest BCUT2D eigenvalue weighted by atomic mass is 10.1. The summed E-state index contributed by atoms with van der Waals surface area (Å²) in [6.45, 7) is 7.64. The van der Waals surface area contributed by atoms with Crippen molar-refractivity contribution < 1.29 is 0 Å². The molecule has 0 saturated carbocycles. The van der Waals surface area contributed by atoms with Gasteiger partial charge >= 0.3 is 0 Å². The van der Waals surface area contributed by atoms with E-state index < -0.39 is 0 Å². The maximum absolute atomic E-state index is 4.45. The first-order chi connectivity index (χ1) is 8.81. The Kier molecular flexibility index (Phi) is 3.26. The van der Waals surface area contributed by atoms with Crippen LogP contribution in [0.3, 0.4) is 0 Å². The molecule has 1 fully saturated rings. The Hall–Kier alpha value is -1.45. The maximum atomic E-state index is 4.45. The summed E-state index contributed by atoms with van der Waals surface area (Å²) in [7, 11) is 0. The van der Waals surface area contributed by atoms with E-state index in [1.54, 1.807) is 0 Å². The second-order valence-corrected chi connectivity index (χ2v) is 5.07. The first kappa shape index (κ1) is 11.6. The molecule has 3 nitrogen and oxygen atoms in total. The second kappa shape index (κ2) is 5.04. The van der Waals surface area contributed by atoms with E-state index in [1.165, 1.54) is 16.5 Å². The molecule has 0 spiro atoms. The summed E-state index contributed by atoms with van der Waals surface area (Å²) in [5.74, 6) is 0. The van der Waals surface area contributed by atoms with Crippen LogP contribution in [0.15, 0.2) is 30.5 Å². The van der Waals surface area contributed by atoms with Crippen molar-refractivity contribution in [2.45, 2.75) is 13.5 Å². The topological polar surface area (TPSA) is 28.2 Å². The molecule has 2 heterocycles. The molecule has 18 heavy (non-hydrogen) atoms.